The summed E-state index contributed by atoms with van der Waals surface area (Å²) in [5, 5.41) is 6.25. The predicted molar refractivity (Wildman–Crippen MR) is 84.3 cm³/mol. The molecule has 0 radical (unpaired) electrons. The minimum absolute atomic E-state index is 0.173. The summed E-state index contributed by atoms with van der Waals surface area (Å²) in [5.41, 5.74) is 0.686. The van der Waals surface area contributed by atoms with Crippen molar-refractivity contribution in [1.82, 2.24) is 5.32 Å². The average Bonchev–Trinajstić information content (AvgIpc) is 3.21. The zero-order valence-electron chi connectivity index (χ0n) is 12.6. The van der Waals surface area contributed by atoms with Crippen molar-refractivity contribution in [3.05, 3.63) is 28.8 Å². The summed E-state index contributed by atoms with van der Waals surface area (Å²) in [6, 6.07) is 5.32. The van der Waals surface area contributed by atoms with E-state index in [2.05, 4.69) is 10.6 Å². The monoisotopic (exact) mass is 308 g/mol. The highest BCUT2D eigenvalue weighted by Gasteiger charge is 2.56. The van der Waals surface area contributed by atoms with Gasteiger partial charge in [-0.2, -0.15) is 0 Å². The van der Waals surface area contributed by atoms with Crippen LogP contribution >= 0.6 is 11.6 Å². The standard InChI is InChI=1S/C16H21ClN2O2/c1-10(2)9-18-14(20)16(6-7-16)15(21)19-13-8-12(17)5-4-11(13)3/h4-5,8,10H,6-7,9H2,1-3H3,(H,18,20)(H,19,21). The van der Waals surface area contributed by atoms with Crippen LogP contribution in [0, 0.1) is 18.3 Å². The Balaban J connectivity index is 2.06. The molecule has 1 aromatic carbocycles. The van der Waals surface area contributed by atoms with Gasteiger partial charge >= 0.3 is 0 Å². The molecule has 4 nitrogen and oxygen atoms in total. The first-order valence-corrected chi connectivity index (χ1v) is 7.59. The Kier molecular flexibility index (Phi) is 4.57. The molecule has 2 amide bonds. The first kappa shape index (κ1) is 15.8. The normalized spacial score (nSPS) is 15.7. The van der Waals surface area contributed by atoms with E-state index in [4.69, 9.17) is 11.6 Å². The first-order chi connectivity index (χ1) is 9.85. The van der Waals surface area contributed by atoms with E-state index in [0.29, 0.717) is 36.0 Å². The number of halogens is 1. The number of hydrogen-bond acceptors (Lipinski definition) is 2. The van der Waals surface area contributed by atoms with E-state index in [0.717, 1.165) is 5.56 Å². The smallest absolute Gasteiger partial charge is 0.240 e. The summed E-state index contributed by atoms with van der Waals surface area (Å²) in [6.07, 6.45) is 1.20. The van der Waals surface area contributed by atoms with Crippen molar-refractivity contribution >= 4 is 29.1 Å². The SMILES string of the molecule is Cc1ccc(Cl)cc1NC(=O)C1(C(=O)NCC(C)C)CC1. The van der Waals surface area contributed by atoms with Crippen molar-refractivity contribution in [3.63, 3.8) is 0 Å². The minimum atomic E-state index is -0.899. The van der Waals surface area contributed by atoms with Gasteiger partial charge in [-0.1, -0.05) is 31.5 Å². The predicted octanol–water partition coefficient (Wildman–Crippen LogP) is 3.14. The third kappa shape index (κ3) is 3.56. The van der Waals surface area contributed by atoms with Crippen LogP contribution in [0.1, 0.15) is 32.3 Å². The third-order valence-electron chi connectivity index (χ3n) is 3.74. The van der Waals surface area contributed by atoms with E-state index in [1.807, 2.05) is 26.8 Å². The van der Waals surface area contributed by atoms with Crippen molar-refractivity contribution in [3.8, 4) is 0 Å². The van der Waals surface area contributed by atoms with Gasteiger partial charge in [0.15, 0.2) is 0 Å². The van der Waals surface area contributed by atoms with Crippen molar-refractivity contribution in [1.29, 1.82) is 0 Å². The molecule has 2 N–H and O–H groups in total. The number of hydrogen-bond donors (Lipinski definition) is 2. The van der Waals surface area contributed by atoms with Crippen LogP contribution in [0.3, 0.4) is 0 Å². The second-order valence-electron chi connectivity index (χ2n) is 6.10. The molecule has 0 bridgehead atoms. The Labute approximate surface area is 130 Å². The van der Waals surface area contributed by atoms with Gasteiger partial charge < -0.3 is 10.6 Å². The fourth-order valence-electron chi connectivity index (χ4n) is 2.12. The molecule has 5 heteroatoms. The van der Waals surface area contributed by atoms with Gasteiger partial charge in [0, 0.05) is 17.3 Å². The van der Waals surface area contributed by atoms with Crippen LogP contribution in [0.2, 0.25) is 5.02 Å². The number of benzene rings is 1. The van der Waals surface area contributed by atoms with E-state index in [9.17, 15) is 9.59 Å². The lowest BCUT2D eigenvalue weighted by molar-refractivity contribution is -0.134. The highest BCUT2D eigenvalue weighted by atomic mass is 35.5. The maximum atomic E-state index is 12.4. The Bertz CT molecular complexity index is 565. The van der Waals surface area contributed by atoms with Crippen LogP contribution in [-0.4, -0.2) is 18.4 Å². The average molecular weight is 309 g/mol. The number of carbonyl (C=O) groups is 2. The number of aryl methyl sites for hydroxylation is 1. The molecule has 114 valence electrons. The van der Waals surface area contributed by atoms with Crippen LogP contribution in [0.4, 0.5) is 5.69 Å². The fourth-order valence-corrected chi connectivity index (χ4v) is 2.29. The molecule has 0 unspecified atom stereocenters. The summed E-state index contributed by atoms with van der Waals surface area (Å²) in [6.45, 7) is 6.53. The van der Waals surface area contributed by atoms with Gasteiger partial charge in [-0.3, -0.25) is 9.59 Å². The Morgan fingerprint density at radius 3 is 2.52 bits per heavy atom. The van der Waals surface area contributed by atoms with Gasteiger partial charge in [0.25, 0.3) is 0 Å². The van der Waals surface area contributed by atoms with Crippen molar-refractivity contribution < 1.29 is 9.59 Å². The van der Waals surface area contributed by atoms with Gasteiger partial charge in [-0.05, 0) is 43.4 Å². The Morgan fingerprint density at radius 2 is 1.95 bits per heavy atom. The maximum absolute atomic E-state index is 12.4. The molecule has 0 aromatic heterocycles. The summed E-state index contributed by atoms with van der Waals surface area (Å²) >= 11 is 5.95. The zero-order valence-corrected chi connectivity index (χ0v) is 13.4. The van der Waals surface area contributed by atoms with Crippen LogP contribution < -0.4 is 10.6 Å². The molecule has 2 rings (SSSR count). The number of rotatable bonds is 5. The molecule has 0 heterocycles. The summed E-state index contributed by atoms with van der Waals surface area (Å²) in [7, 11) is 0. The van der Waals surface area contributed by atoms with Crippen LogP contribution in [0.5, 0.6) is 0 Å². The second kappa shape index (κ2) is 6.06. The number of anilines is 1. The van der Waals surface area contributed by atoms with E-state index < -0.39 is 5.41 Å². The molecule has 0 saturated heterocycles. The highest BCUT2D eigenvalue weighted by molar-refractivity contribution is 6.31. The Morgan fingerprint density at radius 1 is 1.29 bits per heavy atom. The van der Waals surface area contributed by atoms with Crippen LogP contribution in [0.15, 0.2) is 18.2 Å². The van der Waals surface area contributed by atoms with Gasteiger partial charge in [-0.15, -0.1) is 0 Å². The molecule has 1 aliphatic rings. The minimum Gasteiger partial charge on any atom is -0.355 e. The quantitative estimate of drug-likeness (QED) is 0.821. The summed E-state index contributed by atoms with van der Waals surface area (Å²) in [4.78, 5) is 24.6. The molecule has 1 aromatic rings. The van der Waals surface area contributed by atoms with Crippen LogP contribution in [-0.2, 0) is 9.59 Å². The van der Waals surface area contributed by atoms with Gasteiger partial charge in [0.05, 0.1) is 0 Å². The maximum Gasteiger partial charge on any atom is 0.240 e. The van der Waals surface area contributed by atoms with Gasteiger partial charge in [0.2, 0.25) is 11.8 Å². The van der Waals surface area contributed by atoms with Gasteiger partial charge in [0.1, 0.15) is 5.41 Å². The molecule has 1 aliphatic carbocycles. The molecule has 0 aliphatic heterocycles. The zero-order chi connectivity index (χ0) is 15.6. The highest BCUT2D eigenvalue weighted by Crippen LogP contribution is 2.47. The van der Waals surface area contributed by atoms with Crippen molar-refractivity contribution in [2.75, 3.05) is 11.9 Å². The second-order valence-corrected chi connectivity index (χ2v) is 6.54. The topological polar surface area (TPSA) is 58.2 Å². The van der Waals surface area contributed by atoms with E-state index in [1.54, 1.807) is 12.1 Å². The van der Waals surface area contributed by atoms with Crippen LogP contribution in [0.25, 0.3) is 0 Å². The number of nitrogens with one attached hydrogen (secondary N) is 2. The van der Waals surface area contributed by atoms with E-state index in [1.165, 1.54) is 0 Å². The lowest BCUT2D eigenvalue weighted by Gasteiger charge is -2.17. The molecule has 21 heavy (non-hydrogen) atoms. The van der Waals surface area contributed by atoms with Crippen molar-refractivity contribution in [2.24, 2.45) is 11.3 Å². The van der Waals surface area contributed by atoms with E-state index >= 15 is 0 Å². The third-order valence-corrected chi connectivity index (χ3v) is 3.97. The molecular weight excluding hydrogens is 288 g/mol. The lowest BCUT2D eigenvalue weighted by Crippen LogP contribution is -2.41. The first-order valence-electron chi connectivity index (χ1n) is 7.21. The number of carbonyl (C=O) groups excluding carboxylic acids is 2. The molecular formula is C16H21ClN2O2. The fraction of sp³-hybridized carbons (Fsp3) is 0.500. The molecule has 1 saturated carbocycles. The summed E-state index contributed by atoms with van der Waals surface area (Å²) < 4.78 is 0. The lowest BCUT2D eigenvalue weighted by atomic mass is 10.0. The number of amides is 2. The van der Waals surface area contributed by atoms with E-state index in [-0.39, 0.29) is 11.8 Å². The summed E-state index contributed by atoms with van der Waals surface area (Å²) in [5.74, 6) is -0.0505. The van der Waals surface area contributed by atoms with Gasteiger partial charge in [-0.25, -0.2) is 0 Å². The molecule has 1 fully saturated rings. The van der Waals surface area contributed by atoms with Crippen molar-refractivity contribution in [2.45, 2.75) is 33.6 Å². The largest absolute Gasteiger partial charge is 0.355 e. The molecule has 0 spiro atoms. The molecule has 0 atom stereocenters. The Hall–Kier alpha value is -1.55.